The second-order valence-electron chi connectivity index (χ2n) is 1.79. The van der Waals surface area contributed by atoms with Gasteiger partial charge in [-0.15, -0.1) is 0 Å². The topological polar surface area (TPSA) is 345 Å². The predicted molar refractivity (Wildman–Crippen MR) is 64.9 cm³/mol. The summed E-state index contributed by atoms with van der Waals surface area (Å²) in [6.45, 7) is 0. The molecule has 0 aromatic heterocycles. The molecule has 26 heteroatoms. The molecule has 134 valence electrons. The van der Waals surface area contributed by atoms with Gasteiger partial charge in [0.1, 0.15) is 0 Å². The van der Waals surface area contributed by atoms with Gasteiger partial charge in [0.15, 0.2) is 0 Å². The largest absolute Gasteiger partial charge is 2.00 e. The summed E-state index contributed by atoms with van der Waals surface area (Å²) in [5.74, 6) is 0. The fraction of sp³-hybridized carbons (Fsp3) is 0. The third kappa shape index (κ3) is 508. The molecule has 0 unspecified atom stereocenters. The molecule has 0 rings (SSSR count). The molecule has 6 radical (unpaired) electrons. The van der Waals surface area contributed by atoms with E-state index in [1.807, 2.05) is 0 Å². The Morgan fingerprint density at radius 3 is 0.308 bits per heavy atom. The molecule has 0 N–H and O–H groups in total. The van der Waals surface area contributed by atoms with E-state index in [0.717, 1.165) is 0 Å². The van der Waals surface area contributed by atoms with Crippen LogP contribution in [0.5, 0.6) is 0 Å². The zero-order valence-electron chi connectivity index (χ0n) is 11.9. The van der Waals surface area contributed by atoms with E-state index in [2.05, 4.69) is 0 Å². The Kier molecular flexibility index (Phi) is 80.5. The Labute approximate surface area is 318 Å². The Bertz CT molecular complexity index is 305. The number of hydrogen-bond acceptors (Lipinski definition) is 16. The molecule has 0 aliphatic rings. The van der Waals surface area contributed by atoms with Gasteiger partial charge in [0.05, 0.1) is 0 Å². The molecule has 0 aliphatic heterocycles. The maximum absolute atomic E-state index is 8.55. The van der Waals surface area contributed by atoms with Crippen LogP contribution in [0, 0.1) is 0 Å². The maximum atomic E-state index is 8.55. The van der Waals surface area contributed by atoms with Crippen LogP contribution >= 0.6 is 31.3 Å². The molecule has 0 saturated carbocycles. The van der Waals surface area contributed by atoms with Gasteiger partial charge in [0.25, 0.3) is 0 Å². The van der Waals surface area contributed by atoms with Crippen molar-refractivity contribution < 1.29 is 77.0 Å². The van der Waals surface area contributed by atoms with Gasteiger partial charge >= 0.3 is 218 Å². The molecule has 16 nitrogen and oxygen atoms in total. The summed E-state index contributed by atoms with van der Waals surface area (Å²) in [5, 5.41) is 0. The van der Waals surface area contributed by atoms with Gasteiger partial charge in [-0.05, 0) is 0 Å². The van der Waals surface area contributed by atoms with E-state index in [1.165, 1.54) is 0 Å². The minimum Gasteiger partial charge on any atom is -0.822 e. The van der Waals surface area contributed by atoms with Crippen molar-refractivity contribution in [3.8, 4) is 0 Å². The Balaban J connectivity index is -0.0000000152. The summed E-state index contributed by atoms with van der Waals surface area (Å²) in [6, 6.07) is 0. The van der Waals surface area contributed by atoms with Gasteiger partial charge in [0.2, 0.25) is 0 Å². The molecule has 0 heterocycles. The minimum absolute atomic E-state index is 0. The van der Waals surface area contributed by atoms with Crippen LogP contribution in [0.2, 0.25) is 0 Å². The van der Waals surface area contributed by atoms with Crippen LogP contribution in [-0.4, -0.2) is 218 Å². The van der Waals surface area contributed by atoms with E-state index in [0.29, 0.717) is 0 Å². The van der Waals surface area contributed by atoms with Crippen LogP contribution in [0.4, 0.5) is 0 Å². The normalized spacial score (nSPS) is 9.08. The predicted octanol–water partition coefficient (Wildman–Crippen LogP) is -13.6. The van der Waals surface area contributed by atoms with Crippen molar-refractivity contribution in [3.05, 3.63) is 0 Å². The maximum Gasteiger partial charge on any atom is 2.00 e. The fourth-order valence-corrected chi connectivity index (χ4v) is 0. The summed E-state index contributed by atoms with van der Waals surface area (Å²) in [6.07, 6.45) is 0. The summed E-state index contributed by atoms with van der Waals surface area (Å²) in [5.41, 5.74) is 0. The van der Waals surface area contributed by atoms with E-state index in [4.69, 9.17) is 77.0 Å². The van der Waals surface area contributed by atoms with Gasteiger partial charge in [-0.25, -0.2) is 0 Å². The number of phosphoric acid groups is 4. The van der Waals surface area contributed by atoms with E-state index in [1.54, 1.807) is 0 Å². The van der Waals surface area contributed by atoms with Crippen molar-refractivity contribution in [1.29, 1.82) is 0 Å². The van der Waals surface area contributed by atoms with Crippen molar-refractivity contribution in [2.45, 2.75) is 0 Å². The molecule has 0 spiro atoms. The van der Waals surface area contributed by atoms with Crippen LogP contribution < -0.4 is 58.7 Å². The first-order chi connectivity index (χ1) is 8.00. The van der Waals surface area contributed by atoms with Crippen LogP contribution in [0.25, 0.3) is 0 Å². The minimum atomic E-state index is -5.39. The fourth-order valence-electron chi connectivity index (χ4n) is 0. The monoisotopic (exact) mass is 1270 g/mol. The molecular formula is O16P4Pb3Sr3. The van der Waals surface area contributed by atoms with Crippen molar-refractivity contribution in [2.75, 3.05) is 0 Å². The molecular weight excluding hydrogens is 1260 g/mol. The Hall–Kier alpha value is 7.65. The first kappa shape index (κ1) is 64.1. The quantitative estimate of drug-likeness (QED) is 0.161. The average molecular weight is 1260 g/mol. The standard InChI is InChI=1S/4H3O4P.3Pb.3Sr/c4*1-5(2,3)4;;;;;;/h4*(H3,1,2,3,4);;;;;;/q;;;;6*+2/p-12. The Morgan fingerprint density at radius 2 is 0.308 bits per heavy atom. The van der Waals surface area contributed by atoms with E-state index < -0.39 is 31.3 Å². The van der Waals surface area contributed by atoms with Crippen LogP contribution in [-0.2, 0) is 18.3 Å². The van der Waals surface area contributed by atoms with Gasteiger partial charge in [0, 0.05) is 0 Å². The average Bonchev–Trinajstić information content (AvgIpc) is 1.62. The summed E-state index contributed by atoms with van der Waals surface area (Å²) in [4.78, 5) is 103. The van der Waals surface area contributed by atoms with Crippen LogP contribution in [0.3, 0.4) is 0 Å². The summed E-state index contributed by atoms with van der Waals surface area (Å²) >= 11 is 0. The van der Waals surface area contributed by atoms with Crippen molar-refractivity contribution >= 4 is 250 Å². The molecule has 0 fully saturated rings. The second kappa shape index (κ2) is 32.6. The molecule has 0 aromatic carbocycles. The SMILES string of the molecule is O=P([O-])([O-])[O-].O=P([O-])([O-])[O-].O=P([O-])([O-])[O-].O=P([O-])([O-])[O-].[Pb+2].[Pb+2].[Pb+2].[Sr+2].[Sr+2].[Sr+2]. The van der Waals surface area contributed by atoms with Gasteiger partial charge in [-0.3, -0.25) is 0 Å². The third-order valence-electron chi connectivity index (χ3n) is 0. The molecule has 0 amide bonds. The van der Waals surface area contributed by atoms with Gasteiger partial charge < -0.3 is 77.0 Å². The number of hydrogen-bond donors (Lipinski definition) is 0. The second-order valence-corrected chi connectivity index (χ2v) is 5.37. The van der Waals surface area contributed by atoms with E-state index >= 15 is 0 Å². The third-order valence-corrected chi connectivity index (χ3v) is 0. The molecule has 0 saturated heterocycles. The first-order valence-electron chi connectivity index (χ1n) is 2.92. The van der Waals surface area contributed by atoms with Crippen LogP contribution in [0.1, 0.15) is 0 Å². The molecule has 26 heavy (non-hydrogen) atoms. The number of rotatable bonds is 0. The Morgan fingerprint density at radius 1 is 0.308 bits per heavy atom. The van der Waals surface area contributed by atoms with Crippen molar-refractivity contribution in [3.63, 3.8) is 0 Å². The van der Waals surface area contributed by atoms with Crippen molar-refractivity contribution in [2.24, 2.45) is 0 Å². The van der Waals surface area contributed by atoms with Gasteiger partial charge in [-0.2, -0.15) is 31.3 Å². The zero-order valence-corrected chi connectivity index (χ0v) is 37.6. The van der Waals surface area contributed by atoms with Crippen LogP contribution in [0.15, 0.2) is 0 Å². The molecule has 0 bridgehead atoms. The molecule has 0 aliphatic carbocycles. The molecule has 0 aromatic rings. The van der Waals surface area contributed by atoms with Gasteiger partial charge in [-0.1, -0.05) is 0 Å². The smallest absolute Gasteiger partial charge is 0.822 e. The summed E-state index contributed by atoms with van der Waals surface area (Å²) in [7, 11) is -21.6. The summed E-state index contributed by atoms with van der Waals surface area (Å²) < 4.78 is 34.2. The van der Waals surface area contributed by atoms with E-state index in [-0.39, 0.29) is 218 Å². The zero-order chi connectivity index (χ0) is 18.0. The van der Waals surface area contributed by atoms with E-state index in [9.17, 15) is 0 Å². The first-order valence-corrected chi connectivity index (χ1v) is 8.76. The molecule has 0 atom stereocenters. The van der Waals surface area contributed by atoms with Crippen molar-refractivity contribution in [1.82, 2.24) is 0 Å².